The number of para-hydroxylation sites is 1. The van der Waals surface area contributed by atoms with E-state index in [0.29, 0.717) is 5.75 Å². The minimum Gasteiger partial charge on any atom is -0.425 e. The molecular weight excluding hydrogens is 389 g/mol. The van der Waals surface area contributed by atoms with E-state index in [1.165, 1.54) is 12.1 Å². The molecule has 2 aromatic carbocycles. The van der Waals surface area contributed by atoms with E-state index in [1.807, 2.05) is 13.8 Å². The van der Waals surface area contributed by atoms with Crippen molar-refractivity contribution in [3.8, 4) is 5.75 Å². The second-order valence-electron chi connectivity index (χ2n) is 6.67. The number of halogens is 2. The zero-order valence-electron chi connectivity index (χ0n) is 14.7. The lowest BCUT2D eigenvalue weighted by atomic mass is 10.0. The molecule has 0 aliphatic carbocycles. The van der Waals surface area contributed by atoms with Gasteiger partial charge in [0.1, 0.15) is 11.8 Å². The van der Waals surface area contributed by atoms with Crippen LogP contribution in [-0.4, -0.2) is 28.7 Å². The molecule has 5 nitrogen and oxygen atoms in total. The van der Waals surface area contributed by atoms with Crippen LogP contribution in [0.1, 0.15) is 41.0 Å². The summed E-state index contributed by atoms with van der Waals surface area (Å²) in [6.45, 7) is 3.80. The van der Waals surface area contributed by atoms with Gasteiger partial charge in [0.15, 0.2) is 0 Å². The second-order valence-corrected chi connectivity index (χ2v) is 7.49. The Morgan fingerprint density at radius 3 is 2.00 bits per heavy atom. The van der Waals surface area contributed by atoms with Crippen molar-refractivity contribution in [3.05, 3.63) is 63.6 Å². The van der Waals surface area contributed by atoms with Gasteiger partial charge in [0, 0.05) is 0 Å². The van der Waals surface area contributed by atoms with E-state index in [4.69, 9.17) is 27.9 Å². The molecule has 140 valence electrons. The lowest BCUT2D eigenvalue weighted by molar-refractivity contribution is -0.139. The third-order valence-corrected chi connectivity index (χ3v) is 4.92. The first kappa shape index (κ1) is 19.4. The summed E-state index contributed by atoms with van der Waals surface area (Å²) in [7, 11) is 0. The van der Waals surface area contributed by atoms with Crippen LogP contribution in [0.25, 0.3) is 0 Å². The van der Waals surface area contributed by atoms with E-state index in [-0.39, 0.29) is 33.5 Å². The van der Waals surface area contributed by atoms with E-state index in [9.17, 15) is 14.4 Å². The number of rotatable bonds is 5. The average Bonchev–Trinajstić information content (AvgIpc) is 2.85. The third kappa shape index (κ3) is 3.84. The molecule has 1 aliphatic heterocycles. The SMILES string of the molecule is CC(C)CC(C(=O)Oc1ccccc1)N1C(=O)c2cc(Cl)c(Cl)cc2C1=O. The molecule has 1 aliphatic rings. The Hall–Kier alpha value is -2.37. The van der Waals surface area contributed by atoms with Crippen LogP contribution in [0.3, 0.4) is 0 Å². The summed E-state index contributed by atoms with van der Waals surface area (Å²) in [6.07, 6.45) is 0.276. The summed E-state index contributed by atoms with van der Waals surface area (Å²) in [5.41, 5.74) is 0.270. The fraction of sp³-hybridized carbons (Fsp3) is 0.250. The lowest BCUT2D eigenvalue weighted by Gasteiger charge is -2.25. The van der Waals surface area contributed by atoms with E-state index >= 15 is 0 Å². The van der Waals surface area contributed by atoms with Crippen molar-refractivity contribution in [3.63, 3.8) is 0 Å². The van der Waals surface area contributed by atoms with Crippen LogP contribution < -0.4 is 4.74 Å². The molecule has 0 radical (unpaired) electrons. The highest BCUT2D eigenvalue weighted by atomic mass is 35.5. The molecule has 3 rings (SSSR count). The minimum absolute atomic E-state index is 0.0508. The van der Waals surface area contributed by atoms with Gasteiger partial charge in [-0.1, -0.05) is 55.2 Å². The topological polar surface area (TPSA) is 63.7 Å². The number of esters is 1. The third-order valence-electron chi connectivity index (χ3n) is 4.20. The summed E-state index contributed by atoms with van der Waals surface area (Å²) in [5.74, 6) is -1.43. The summed E-state index contributed by atoms with van der Waals surface area (Å²) in [6, 6.07) is 10.2. The second kappa shape index (κ2) is 7.71. The van der Waals surface area contributed by atoms with Gasteiger partial charge in [-0.05, 0) is 36.6 Å². The summed E-state index contributed by atoms with van der Waals surface area (Å²) >= 11 is 12.0. The molecular formula is C20H17Cl2NO4. The number of amides is 2. The zero-order chi connectivity index (χ0) is 19.7. The number of nitrogens with zero attached hydrogens (tertiary/aromatic N) is 1. The first-order valence-electron chi connectivity index (χ1n) is 8.43. The maximum atomic E-state index is 12.8. The first-order chi connectivity index (χ1) is 12.8. The number of hydrogen-bond donors (Lipinski definition) is 0. The summed E-state index contributed by atoms with van der Waals surface area (Å²) < 4.78 is 5.40. The molecule has 2 amide bonds. The fourth-order valence-corrected chi connectivity index (χ4v) is 3.29. The molecule has 0 aromatic heterocycles. The van der Waals surface area contributed by atoms with Crippen molar-refractivity contribution in [1.29, 1.82) is 0 Å². The van der Waals surface area contributed by atoms with E-state index in [1.54, 1.807) is 30.3 Å². The highest BCUT2D eigenvalue weighted by molar-refractivity contribution is 6.43. The number of carbonyl (C=O) groups is 3. The van der Waals surface area contributed by atoms with Gasteiger partial charge >= 0.3 is 5.97 Å². The summed E-state index contributed by atoms with van der Waals surface area (Å²) in [5, 5.41) is 0.344. The predicted molar refractivity (Wildman–Crippen MR) is 102 cm³/mol. The molecule has 0 bridgehead atoms. The molecule has 0 fully saturated rings. The average molecular weight is 406 g/mol. The Balaban J connectivity index is 1.94. The van der Waals surface area contributed by atoms with Crippen LogP contribution in [0.2, 0.25) is 10.0 Å². The standard InChI is InChI=1S/C20H17Cl2NO4/c1-11(2)8-17(20(26)27-12-6-4-3-5-7-12)23-18(24)13-9-15(21)16(22)10-14(13)19(23)25/h3-7,9-11,17H,8H2,1-2H3. The van der Waals surface area contributed by atoms with Gasteiger partial charge in [-0.3, -0.25) is 14.5 Å². The quantitative estimate of drug-likeness (QED) is 0.413. The van der Waals surface area contributed by atoms with Crippen LogP contribution >= 0.6 is 23.2 Å². The zero-order valence-corrected chi connectivity index (χ0v) is 16.3. The van der Waals surface area contributed by atoms with Crippen LogP contribution in [0.5, 0.6) is 5.75 Å². The monoisotopic (exact) mass is 405 g/mol. The highest BCUT2D eigenvalue weighted by Crippen LogP contribution is 2.33. The van der Waals surface area contributed by atoms with E-state index in [2.05, 4.69) is 0 Å². The lowest BCUT2D eigenvalue weighted by Crippen LogP contribution is -2.47. The van der Waals surface area contributed by atoms with E-state index in [0.717, 1.165) is 4.90 Å². The van der Waals surface area contributed by atoms with Gasteiger partial charge < -0.3 is 4.74 Å². The fourth-order valence-electron chi connectivity index (χ4n) is 2.96. The van der Waals surface area contributed by atoms with Gasteiger partial charge in [0.05, 0.1) is 21.2 Å². The van der Waals surface area contributed by atoms with Crippen LogP contribution in [0.4, 0.5) is 0 Å². The number of carbonyl (C=O) groups excluding carboxylic acids is 3. The van der Waals surface area contributed by atoms with Crippen molar-refractivity contribution in [2.45, 2.75) is 26.3 Å². The number of imide groups is 1. The maximum Gasteiger partial charge on any atom is 0.334 e. The summed E-state index contributed by atoms with van der Waals surface area (Å²) in [4.78, 5) is 39.4. The normalized spacial score (nSPS) is 14.5. The van der Waals surface area contributed by atoms with E-state index < -0.39 is 23.8 Å². The van der Waals surface area contributed by atoms with Gasteiger partial charge in [-0.15, -0.1) is 0 Å². The largest absolute Gasteiger partial charge is 0.425 e. The van der Waals surface area contributed by atoms with Gasteiger partial charge in [-0.25, -0.2) is 4.79 Å². The Morgan fingerprint density at radius 2 is 1.52 bits per heavy atom. The van der Waals surface area contributed by atoms with Crippen molar-refractivity contribution < 1.29 is 19.1 Å². The Labute approximate surface area is 166 Å². The Bertz CT molecular complexity index is 871. The molecule has 1 heterocycles. The first-order valence-corrected chi connectivity index (χ1v) is 9.19. The molecule has 7 heteroatoms. The Morgan fingerprint density at radius 1 is 1.00 bits per heavy atom. The molecule has 0 saturated carbocycles. The molecule has 0 spiro atoms. The predicted octanol–water partition coefficient (Wildman–Crippen LogP) is 4.61. The Kier molecular flexibility index (Phi) is 5.53. The van der Waals surface area contributed by atoms with Gasteiger partial charge in [-0.2, -0.15) is 0 Å². The molecule has 2 aromatic rings. The molecule has 0 saturated heterocycles. The van der Waals surface area contributed by atoms with Crippen LogP contribution in [-0.2, 0) is 4.79 Å². The minimum atomic E-state index is -1.05. The number of ether oxygens (including phenoxy) is 1. The number of fused-ring (bicyclic) bond motifs is 1. The number of hydrogen-bond acceptors (Lipinski definition) is 4. The maximum absolute atomic E-state index is 12.8. The van der Waals surface area contributed by atoms with Crippen LogP contribution in [0, 0.1) is 5.92 Å². The molecule has 1 atom stereocenters. The molecule has 27 heavy (non-hydrogen) atoms. The van der Waals surface area contributed by atoms with Crippen molar-refractivity contribution in [2.75, 3.05) is 0 Å². The molecule has 0 N–H and O–H groups in total. The smallest absolute Gasteiger partial charge is 0.334 e. The van der Waals surface area contributed by atoms with Crippen molar-refractivity contribution in [1.82, 2.24) is 4.90 Å². The van der Waals surface area contributed by atoms with Crippen molar-refractivity contribution in [2.24, 2.45) is 5.92 Å². The van der Waals surface area contributed by atoms with Gasteiger partial charge in [0.2, 0.25) is 0 Å². The van der Waals surface area contributed by atoms with Crippen molar-refractivity contribution >= 4 is 41.0 Å². The van der Waals surface area contributed by atoms with Gasteiger partial charge in [0.25, 0.3) is 11.8 Å². The van der Waals surface area contributed by atoms with Crippen LogP contribution in [0.15, 0.2) is 42.5 Å². The highest BCUT2D eigenvalue weighted by Gasteiger charge is 2.44. The molecule has 1 unspecified atom stereocenters. The number of benzene rings is 2.